The Kier molecular flexibility index (Phi) is 5.52. The van der Waals surface area contributed by atoms with E-state index in [-0.39, 0.29) is 5.56 Å². The number of carbonyl (C=O) groups is 1. The molecule has 6 heteroatoms. The van der Waals surface area contributed by atoms with Crippen molar-refractivity contribution in [3.63, 3.8) is 0 Å². The highest BCUT2D eigenvalue weighted by Crippen LogP contribution is 2.34. The van der Waals surface area contributed by atoms with Crippen molar-refractivity contribution in [2.75, 3.05) is 4.72 Å². The number of aryl methyl sites for hydroxylation is 1. The van der Waals surface area contributed by atoms with E-state index in [2.05, 4.69) is 10.8 Å². The van der Waals surface area contributed by atoms with Crippen LogP contribution < -0.4 is 4.72 Å². The van der Waals surface area contributed by atoms with E-state index in [0.29, 0.717) is 16.1 Å². The summed E-state index contributed by atoms with van der Waals surface area (Å²) in [6, 6.07) is 25.5. The SMILES string of the molecule is Cc1ccc(C#N)c(S(=O)Nc2ccc(-c3cccc(C(=O)O)c3)c3ccccc23)c1. The van der Waals surface area contributed by atoms with Crippen molar-refractivity contribution in [1.82, 2.24) is 0 Å². The number of nitrogens with zero attached hydrogens (tertiary/aromatic N) is 1. The zero-order valence-electron chi connectivity index (χ0n) is 16.6. The molecule has 0 heterocycles. The zero-order chi connectivity index (χ0) is 22.0. The van der Waals surface area contributed by atoms with E-state index in [1.54, 1.807) is 30.3 Å². The number of fused-ring (bicyclic) bond motifs is 1. The van der Waals surface area contributed by atoms with Crippen molar-refractivity contribution in [2.24, 2.45) is 0 Å². The van der Waals surface area contributed by atoms with Crippen LogP contribution >= 0.6 is 0 Å². The second-order valence-corrected chi connectivity index (χ2v) is 8.26. The topological polar surface area (TPSA) is 90.2 Å². The van der Waals surface area contributed by atoms with Crippen molar-refractivity contribution < 1.29 is 14.1 Å². The van der Waals surface area contributed by atoms with Gasteiger partial charge in [-0.3, -0.25) is 0 Å². The van der Waals surface area contributed by atoms with Crippen LogP contribution in [0.5, 0.6) is 0 Å². The Morgan fingerprint density at radius 2 is 1.74 bits per heavy atom. The van der Waals surface area contributed by atoms with Gasteiger partial charge in [0.15, 0.2) is 11.0 Å². The van der Waals surface area contributed by atoms with Crippen molar-refractivity contribution in [2.45, 2.75) is 11.8 Å². The summed E-state index contributed by atoms with van der Waals surface area (Å²) in [5, 5.41) is 20.4. The van der Waals surface area contributed by atoms with E-state index >= 15 is 0 Å². The molecule has 0 aliphatic heterocycles. The highest BCUT2D eigenvalue weighted by molar-refractivity contribution is 7.86. The first-order valence-corrected chi connectivity index (χ1v) is 10.7. The molecular weight excluding hydrogens is 408 g/mol. The molecule has 2 N–H and O–H groups in total. The first kappa shape index (κ1) is 20.3. The van der Waals surface area contributed by atoms with E-state index in [9.17, 15) is 19.4 Å². The zero-order valence-corrected chi connectivity index (χ0v) is 17.4. The fraction of sp³-hybridized carbons (Fsp3) is 0.0400. The lowest BCUT2D eigenvalue weighted by Gasteiger charge is -2.14. The van der Waals surface area contributed by atoms with Gasteiger partial charge in [-0.25, -0.2) is 9.00 Å². The van der Waals surface area contributed by atoms with Gasteiger partial charge in [-0.05, 0) is 59.3 Å². The molecule has 0 spiro atoms. The van der Waals surface area contributed by atoms with Gasteiger partial charge in [0.25, 0.3) is 0 Å². The molecule has 1 atom stereocenters. The van der Waals surface area contributed by atoms with Crippen LogP contribution in [-0.2, 0) is 11.0 Å². The average molecular weight is 426 g/mol. The predicted octanol–water partition coefficient (Wildman–Crippen LogP) is 5.52. The van der Waals surface area contributed by atoms with Gasteiger partial charge >= 0.3 is 5.97 Å². The van der Waals surface area contributed by atoms with Crippen LogP contribution in [0.2, 0.25) is 0 Å². The summed E-state index contributed by atoms with van der Waals surface area (Å²) in [5.41, 5.74) is 3.83. The lowest BCUT2D eigenvalue weighted by molar-refractivity contribution is 0.0697. The minimum Gasteiger partial charge on any atom is -0.478 e. The number of aromatic carboxylic acids is 1. The maximum atomic E-state index is 13.0. The molecule has 0 saturated heterocycles. The van der Waals surface area contributed by atoms with Crippen LogP contribution in [0.15, 0.2) is 83.8 Å². The molecule has 4 rings (SSSR count). The molecule has 1 unspecified atom stereocenters. The fourth-order valence-corrected chi connectivity index (χ4v) is 4.58. The molecule has 0 radical (unpaired) electrons. The average Bonchev–Trinajstić information content (AvgIpc) is 2.79. The molecule has 152 valence electrons. The molecule has 0 bridgehead atoms. The number of hydrogen-bond acceptors (Lipinski definition) is 3. The molecule has 0 aliphatic rings. The second-order valence-electron chi connectivity index (χ2n) is 7.07. The standard InChI is InChI=1S/C25H18N2O3S/c1-16-9-10-19(15-26)24(13-16)31(30)27-23-12-11-20(21-7-2-3-8-22(21)23)17-5-4-6-18(14-17)25(28)29/h2-14,27H,1H3,(H,28,29). The quantitative estimate of drug-likeness (QED) is 0.440. The summed E-state index contributed by atoms with van der Waals surface area (Å²) in [5.74, 6) is -0.980. The lowest BCUT2D eigenvalue weighted by atomic mass is 9.96. The van der Waals surface area contributed by atoms with Gasteiger partial charge in [-0.1, -0.05) is 48.5 Å². The van der Waals surface area contributed by atoms with Gasteiger partial charge in [0.05, 0.1) is 21.7 Å². The number of nitriles is 1. The van der Waals surface area contributed by atoms with Crippen molar-refractivity contribution >= 4 is 33.4 Å². The van der Waals surface area contributed by atoms with Gasteiger partial charge in [-0.2, -0.15) is 5.26 Å². The van der Waals surface area contributed by atoms with Gasteiger partial charge < -0.3 is 9.83 Å². The number of anilines is 1. The monoisotopic (exact) mass is 426 g/mol. The number of nitrogens with one attached hydrogen (secondary N) is 1. The number of rotatable bonds is 5. The lowest BCUT2D eigenvalue weighted by Crippen LogP contribution is -2.07. The molecule has 4 aromatic rings. The van der Waals surface area contributed by atoms with E-state index < -0.39 is 17.0 Å². The summed E-state index contributed by atoms with van der Waals surface area (Å²) < 4.78 is 16.1. The number of carboxylic acids is 1. The van der Waals surface area contributed by atoms with E-state index in [0.717, 1.165) is 27.5 Å². The molecule has 0 fully saturated rings. The maximum Gasteiger partial charge on any atom is 0.335 e. The summed E-state index contributed by atoms with van der Waals surface area (Å²) in [7, 11) is -1.62. The highest BCUT2D eigenvalue weighted by Gasteiger charge is 2.14. The Balaban J connectivity index is 1.79. The molecule has 0 aromatic heterocycles. The Morgan fingerprint density at radius 3 is 2.48 bits per heavy atom. The third-order valence-electron chi connectivity index (χ3n) is 5.00. The van der Waals surface area contributed by atoms with E-state index in [1.165, 1.54) is 0 Å². The van der Waals surface area contributed by atoms with Gasteiger partial charge in [-0.15, -0.1) is 0 Å². The maximum absolute atomic E-state index is 13.0. The van der Waals surface area contributed by atoms with E-state index in [4.69, 9.17) is 0 Å². The number of benzene rings is 4. The van der Waals surface area contributed by atoms with Crippen molar-refractivity contribution in [3.8, 4) is 17.2 Å². The largest absolute Gasteiger partial charge is 0.478 e. The normalized spacial score (nSPS) is 11.6. The van der Waals surface area contributed by atoms with Crippen LogP contribution in [-0.4, -0.2) is 15.3 Å². The second kappa shape index (κ2) is 8.42. The van der Waals surface area contributed by atoms with Crippen molar-refractivity contribution in [1.29, 1.82) is 5.26 Å². The van der Waals surface area contributed by atoms with Crippen LogP contribution in [0.3, 0.4) is 0 Å². The summed E-state index contributed by atoms with van der Waals surface area (Å²) in [6.07, 6.45) is 0. The minimum absolute atomic E-state index is 0.216. The molecule has 4 aromatic carbocycles. The highest BCUT2D eigenvalue weighted by atomic mass is 32.2. The Hall–Kier alpha value is -3.95. The van der Waals surface area contributed by atoms with Crippen LogP contribution in [0, 0.1) is 18.3 Å². The molecule has 0 aliphatic carbocycles. The number of hydrogen-bond donors (Lipinski definition) is 2. The predicted molar refractivity (Wildman–Crippen MR) is 122 cm³/mol. The molecule has 0 saturated carbocycles. The minimum atomic E-state index is -1.62. The van der Waals surface area contributed by atoms with Crippen LogP contribution in [0.1, 0.15) is 21.5 Å². The number of carboxylic acid groups (broad SMARTS) is 1. The van der Waals surface area contributed by atoms with Crippen LogP contribution in [0.25, 0.3) is 21.9 Å². The summed E-state index contributed by atoms with van der Waals surface area (Å²) >= 11 is 0. The molecule has 0 amide bonds. The molecule has 5 nitrogen and oxygen atoms in total. The molecule has 31 heavy (non-hydrogen) atoms. The summed E-state index contributed by atoms with van der Waals surface area (Å²) in [4.78, 5) is 11.8. The first-order chi connectivity index (χ1) is 15.0. The first-order valence-electron chi connectivity index (χ1n) is 9.52. The summed E-state index contributed by atoms with van der Waals surface area (Å²) in [6.45, 7) is 1.89. The Labute approximate surface area is 182 Å². The van der Waals surface area contributed by atoms with E-state index in [1.807, 2.05) is 55.5 Å². The fourth-order valence-electron chi connectivity index (χ4n) is 3.49. The van der Waals surface area contributed by atoms with Gasteiger partial charge in [0.1, 0.15) is 6.07 Å². The van der Waals surface area contributed by atoms with Crippen molar-refractivity contribution in [3.05, 3.63) is 95.6 Å². The third-order valence-corrected chi connectivity index (χ3v) is 6.15. The van der Waals surface area contributed by atoms with Gasteiger partial charge in [0, 0.05) is 5.39 Å². The molecular formula is C25H18N2O3S. The van der Waals surface area contributed by atoms with Crippen LogP contribution in [0.4, 0.5) is 5.69 Å². The smallest absolute Gasteiger partial charge is 0.335 e. The third kappa shape index (κ3) is 4.04. The van der Waals surface area contributed by atoms with Gasteiger partial charge in [0.2, 0.25) is 0 Å². The Bertz CT molecular complexity index is 1390. The Morgan fingerprint density at radius 1 is 0.968 bits per heavy atom.